The second kappa shape index (κ2) is 13.5. The van der Waals surface area contributed by atoms with Gasteiger partial charge >= 0.3 is 5.97 Å². The predicted molar refractivity (Wildman–Crippen MR) is 171 cm³/mol. The van der Waals surface area contributed by atoms with Crippen LogP contribution < -0.4 is 10.1 Å². The number of carbonyl (C=O) groups is 3. The topological polar surface area (TPSA) is 99.5 Å². The molecule has 0 radical (unpaired) electrons. The maximum atomic E-state index is 13.5. The van der Waals surface area contributed by atoms with E-state index in [0.717, 1.165) is 16.7 Å². The van der Waals surface area contributed by atoms with Gasteiger partial charge in [0.05, 0.1) is 12.3 Å². The van der Waals surface area contributed by atoms with Gasteiger partial charge in [-0.05, 0) is 68.4 Å². The van der Waals surface area contributed by atoms with Gasteiger partial charge in [0, 0.05) is 18.0 Å². The van der Waals surface area contributed by atoms with Gasteiger partial charge in [0.25, 0.3) is 5.91 Å². The Kier molecular flexibility index (Phi) is 9.92. The molecular formula is C36H43N3O5. The van der Waals surface area contributed by atoms with Gasteiger partial charge in [-0.3, -0.25) is 14.3 Å². The number of ether oxygens (including phenoxy) is 2. The smallest absolute Gasteiger partial charge is 0.349 e. The number of aromatic nitrogens is 2. The minimum atomic E-state index is -1.14. The molecule has 0 saturated heterocycles. The standard InChI is InChI=1S/C36H43N3O5/c1-8-43-34(42)36(6,7)44-32-19-14-25(20-24(32)2)22-37-33(41)30-21-29(26-15-17-28(18-16-26)35(3,4)5)38-39(30)23-31(40)27-12-10-9-11-13-27/h9-12,14-21,27H,8,13,22-23H2,1-7H3,(H,37,41). The number of aryl methyl sites for hydroxylation is 1. The summed E-state index contributed by atoms with van der Waals surface area (Å²) in [5.74, 6) is -0.459. The lowest BCUT2D eigenvalue weighted by molar-refractivity contribution is -0.158. The Bertz CT molecular complexity index is 1570. The third kappa shape index (κ3) is 7.92. The van der Waals surface area contributed by atoms with Crippen molar-refractivity contribution in [2.75, 3.05) is 6.61 Å². The molecule has 8 heteroatoms. The maximum absolute atomic E-state index is 13.5. The van der Waals surface area contributed by atoms with Gasteiger partial charge in [0.2, 0.25) is 0 Å². The Balaban J connectivity index is 1.53. The van der Waals surface area contributed by atoms with E-state index in [1.54, 1.807) is 32.9 Å². The number of carbonyl (C=O) groups excluding carboxylic acids is 3. The minimum absolute atomic E-state index is 0.00524. The Morgan fingerprint density at radius 3 is 2.34 bits per heavy atom. The van der Waals surface area contributed by atoms with Crippen LogP contribution in [0.3, 0.4) is 0 Å². The highest BCUT2D eigenvalue weighted by Crippen LogP contribution is 2.27. The van der Waals surface area contributed by atoms with Crippen LogP contribution in [0, 0.1) is 12.8 Å². The number of esters is 1. The Morgan fingerprint density at radius 2 is 1.73 bits per heavy atom. The average Bonchev–Trinajstić information content (AvgIpc) is 3.41. The van der Waals surface area contributed by atoms with E-state index in [-0.39, 0.29) is 42.7 Å². The van der Waals surface area contributed by atoms with Crippen molar-refractivity contribution in [1.29, 1.82) is 0 Å². The largest absolute Gasteiger partial charge is 0.476 e. The van der Waals surface area contributed by atoms with Crippen LogP contribution in [-0.4, -0.2) is 39.6 Å². The Hall–Kier alpha value is -4.46. The number of ketones is 1. The van der Waals surface area contributed by atoms with E-state index < -0.39 is 11.6 Å². The fourth-order valence-corrected chi connectivity index (χ4v) is 4.92. The summed E-state index contributed by atoms with van der Waals surface area (Å²) in [7, 11) is 0. The molecule has 232 valence electrons. The first-order chi connectivity index (χ1) is 20.8. The Labute approximate surface area is 260 Å². The molecule has 1 amide bonds. The molecule has 2 aromatic carbocycles. The van der Waals surface area contributed by atoms with Crippen molar-refractivity contribution < 1.29 is 23.9 Å². The lowest BCUT2D eigenvalue weighted by Gasteiger charge is -2.25. The minimum Gasteiger partial charge on any atom is -0.476 e. The van der Waals surface area contributed by atoms with Gasteiger partial charge in [-0.2, -0.15) is 5.10 Å². The summed E-state index contributed by atoms with van der Waals surface area (Å²) < 4.78 is 12.6. The lowest BCUT2D eigenvalue weighted by Crippen LogP contribution is -2.39. The van der Waals surface area contributed by atoms with E-state index >= 15 is 0 Å². The molecule has 4 rings (SSSR count). The van der Waals surface area contributed by atoms with E-state index in [9.17, 15) is 14.4 Å². The quantitative estimate of drug-likeness (QED) is 0.253. The summed E-state index contributed by atoms with van der Waals surface area (Å²) in [5, 5.41) is 7.69. The number of hydrogen-bond acceptors (Lipinski definition) is 6. The van der Waals surface area contributed by atoms with E-state index in [4.69, 9.17) is 14.6 Å². The number of rotatable bonds is 11. The molecule has 1 unspecified atom stereocenters. The van der Waals surface area contributed by atoms with Crippen molar-refractivity contribution in [2.45, 2.75) is 79.0 Å². The zero-order chi connectivity index (χ0) is 32.1. The third-order valence-electron chi connectivity index (χ3n) is 7.58. The van der Waals surface area contributed by atoms with Crippen molar-refractivity contribution in [2.24, 2.45) is 5.92 Å². The van der Waals surface area contributed by atoms with Crippen molar-refractivity contribution in [3.05, 3.63) is 95.2 Å². The number of nitrogens with zero attached hydrogens (tertiary/aromatic N) is 2. The van der Waals surface area contributed by atoms with Crippen molar-refractivity contribution in [3.63, 3.8) is 0 Å². The summed E-state index contributed by atoms with van der Waals surface area (Å²) in [6, 6.07) is 15.4. The van der Waals surface area contributed by atoms with Crippen LogP contribution in [0.5, 0.6) is 5.75 Å². The van der Waals surface area contributed by atoms with Crippen LogP contribution >= 0.6 is 0 Å². The summed E-state index contributed by atoms with van der Waals surface area (Å²) in [6.07, 6.45) is 8.30. The van der Waals surface area contributed by atoms with Crippen LogP contribution in [0.15, 0.2) is 72.8 Å². The molecule has 3 aromatic rings. The highest BCUT2D eigenvalue weighted by atomic mass is 16.6. The molecule has 1 N–H and O–H groups in total. The lowest BCUT2D eigenvalue weighted by atomic mass is 9.86. The van der Waals surface area contributed by atoms with E-state index in [1.165, 1.54) is 10.2 Å². The number of allylic oxidation sites excluding steroid dienone is 4. The fraction of sp³-hybridized carbons (Fsp3) is 0.389. The van der Waals surface area contributed by atoms with Crippen LogP contribution in [0.4, 0.5) is 0 Å². The van der Waals surface area contributed by atoms with Crippen LogP contribution in [0.2, 0.25) is 0 Å². The number of benzene rings is 2. The van der Waals surface area contributed by atoms with Gasteiger partial charge in [0.1, 0.15) is 18.0 Å². The molecule has 0 spiro atoms. The SMILES string of the molecule is CCOC(=O)C(C)(C)Oc1ccc(CNC(=O)c2cc(-c3ccc(C(C)(C)C)cc3)nn2CC(=O)C2C=CC=CC2)cc1C. The van der Waals surface area contributed by atoms with Crippen LogP contribution in [-0.2, 0) is 32.8 Å². The average molecular weight is 598 g/mol. The van der Waals surface area contributed by atoms with Gasteiger partial charge in [-0.15, -0.1) is 0 Å². The van der Waals surface area contributed by atoms with Gasteiger partial charge in [-0.1, -0.05) is 81.5 Å². The van der Waals surface area contributed by atoms with Crippen LogP contribution in [0.1, 0.15) is 75.1 Å². The maximum Gasteiger partial charge on any atom is 0.349 e. The molecule has 8 nitrogen and oxygen atoms in total. The normalized spacial score (nSPS) is 14.8. The van der Waals surface area contributed by atoms with E-state index in [2.05, 4.69) is 38.2 Å². The van der Waals surface area contributed by atoms with Crippen molar-refractivity contribution in [3.8, 4) is 17.0 Å². The first-order valence-electron chi connectivity index (χ1n) is 15.1. The van der Waals surface area contributed by atoms with Gasteiger partial charge in [0.15, 0.2) is 11.4 Å². The summed E-state index contributed by atoms with van der Waals surface area (Å²) in [5.41, 5.74) is 3.56. The number of hydrogen-bond donors (Lipinski definition) is 1. The summed E-state index contributed by atoms with van der Waals surface area (Å²) in [4.78, 5) is 38.9. The fourth-order valence-electron chi connectivity index (χ4n) is 4.92. The molecule has 0 aliphatic heterocycles. The zero-order valence-electron chi connectivity index (χ0n) is 26.8. The highest BCUT2D eigenvalue weighted by Gasteiger charge is 2.32. The molecule has 1 atom stereocenters. The molecular weight excluding hydrogens is 554 g/mol. The van der Waals surface area contributed by atoms with Crippen LogP contribution in [0.25, 0.3) is 11.3 Å². The molecule has 1 aliphatic carbocycles. The molecule has 1 heterocycles. The first kappa shape index (κ1) is 32.5. The first-order valence-corrected chi connectivity index (χ1v) is 15.1. The molecule has 44 heavy (non-hydrogen) atoms. The predicted octanol–water partition coefficient (Wildman–Crippen LogP) is 6.51. The zero-order valence-corrected chi connectivity index (χ0v) is 26.8. The summed E-state index contributed by atoms with van der Waals surface area (Å²) >= 11 is 0. The molecule has 0 fully saturated rings. The summed E-state index contributed by atoms with van der Waals surface area (Å²) in [6.45, 7) is 14.0. The second-order valence-corrected chi connectivity index (χ2v) is 12.6. The number of nitrogens with one attached hydrogen (secondary N) is 1. The Morgan fingerprint density at radius 1 is 1.00 bits per heavy atom. The van der Waals surface area contributed by atoms with E-state index in [0.29, 0.717) is 23.6 Å². The molecule has 1 aliphatic rings. The highest BCUT2D eigenvalue weighted by molar-refractivity contribution is 5.94. The van der Waals surface area contributed by atoms with E-state index in [1.807, 2.05) is 55.5 Å². The second-order valence-electron chi connectivity index (χ2n) is 12.6. The van der Waals surface area contributed by atoms with Crippen molar-refractivity contribution >= 4 is 17.7 Å². The van der Waals surface area contributed by atoms with Gasteiger partial charge in [-0.25, -0.2) is 4.79 Å². The van der Waals surface area contributed by atoms with Crippen molar-refractivity contribution in [1.82, 2.24) is 15.1 Å². The number of Topliss-reactive ketones (excluding diaryl/α,β-unsaturated/α-hetero) is 1. The number of amides is 1. The molecule has 1 aromatic heterocycles. The third-order valence-corrected chi connectivity index (χ3v) is 7.58. The monoisotopic (exact) mass is 597 g/mol. The van der Waals surface area contributed by atoms with Gasteiger partial charge < -0.3 is 14.8 Å². The molecule has 0 saturated carbocycles. The molecule has 0 bridgehead atoms.